The monoisotopic (exact) mass is 596 g/mol. The maximum absolute atomic E-state index is 11.9. The lowest BCUT2D eigenvalue weighted by atomic mass is 10.1. The van der Waals surface area contributed by atoms with Crippen molar-refractivity contribution in [1.29, 1.82) is 10.5 Å². The predicted octanol–water partition coefficient (Wildman–Crippen LogP) is 4.16. The van der Waals surface area contributed by atoms with Crippen molar-refractivity contribution < 1.29 is 33.8 Å². The van der Waals surface area contributed by atoms with Gasteiger partial charge >= 0.3 is 18.0 Å². The Balaban J connectivity index is 0.000000677. The summed E-state index contributed by atoms with van der Waals surface area (Å²) in [6.07, 6.45) is 3.99. The number of pyridine rings is 2. The number of ketones is 1. The molecule has 2 rings (SSSR count). The number of nitrogens with one attached hydrogen (secondary N) is 1. The van der Waals surface area contributed by atoms with Gasteiger partial charge in [0.2, 0.25) is 0 Å². The van der Waals surface area contributed by atoms with E-state index in [2.05, 4.69) is 15.3 Å². The van der Waals surface area contributed by atoms with Crippen LogP contribution >= 0.6 is 0 Å². The third-order valence-electron chi connectivity index (χ3n) is 4.58. The fourth-order valence-electron chi connectivity index (χ4n) is 2.75. The third-order valence-corrected chi connectivity index (χ3v) is 4.58. The van der Waals surface area contributed by atoms with Crippen molar-refractivity contribution in [3.05, 3.63) is 59.2 Å². The molecule has 0 radical (unpaired) electrons. The fraction of sp³-hybridized carbons (Fsp3) is 0.467. The first-order valence-corrected chi connectivity index (χ1v) is 13.4. The van der Waals surface area contributed by atoms with Gasteiger partial charge in [0.1, 0.15) is 34.7 Å². The van der Waals surface area contributed by atoms with E-state index in [0.717, 1.165) is 6.20 Å². The zero-order valence-corrected chi connectivity index (χ0v) is 25.5. The van der Waals surface area contributed by atoms with Crippen molar-refractivity contribution in [3.8, 4) is 12.1 Å². The molecule has 4 N–H and O–H groups in total. The molecule has 2 heterocycles. The molecular formula is C30H40N6O7. The Kier molecular flexibility index (Phi) is 17.1. The molecule has 0 aliphatic rings. The van der Waals surface area contributed by atoms with Gasteiger partial charge in [0, 0.05) is 37.3 Å². The zero-order chi connectivity index (χ0) is 33.1. The van der Waals surface area contributed by atoms with E-state index in [0.29, 0.717) is 44.3 Å². The number of nitrogens with zero attached hydrogens (tertiary/aromatic N) is 4. The van der Waals surface area contributed by atoms with Crippen molar-refractivity contribution in [1.82, 2.24) is 15.3 Å². The average Bonchev–Trinajstić information content (AvgIpc) is 2.93. The van der Waals surface area contributed by atoms with E-state index in [-0.39, 0.29) is 34.3 Å². The number of carboxylic acid groups (broad SMARTS) is 1. The number of hydrogen-bond acceptors (Lipinski definition) is 11. The number of nitrogens with two attached hydrogens (primary N) is 1. The molecule has 0 fully saturated rings. The van der Waals surface area contributed by atoms with Crippen molar-refractivity contribution in [2.45, 2.75) is 78.4 Å². The van der Waals surface area contributed by atoms with Gasteiger partial charge < -0.3 is 25.6 Å². The second-order valence-corrected chi connectivity index (χ2v) is 10.8. The number of nitriles is 2. The first-order chi connectivity index (χ1) is 20.0. The Morgan fingerprint density at radius 1 is 0.837 bits per heavy atom. The molecule has 13 heteroatoms. The number of alkyl carbamates (subject to hydrolysis) is 1. The Morgan fingerprint density at radius 3 is 1.74 bits per heavy atom. The highest BCUT2D eigenvalue weighted by Gasteiger charge is 2.16. The minimum Gasteiger partial charge on any atom is -0.478 e. The number of Topliss-reactive ketones (excluding diaryl/α,β-unsaturated/α-hetero) is 1. The molecule has 0 saturated heterocycles. The Hall–Kier alpha value is -4.88. The smallest absolute Gasteiger partial charge is 0.407 e. The molecule has 0 atom stereocenters. The predicted molar refractivity (Wildman–Crippen MR) is 157 cm³/mol. The van der Waals surface area contributed by atoms with E-state index in [1.807, 2.05) is 26.8 Å². The lowest BCUT2D eigenvalue weighted by molar-refractivity contribution is -0.154. The standard InChI is InChI=1S/C15H19N3O3.C8H17NO2.C7H4N2O2/c1-15(2,3)21-14(20)17-8-4-5-13(19)11-6-7-12(9-16)18-10-11;1-8(2,3)11-7(10)5-4-6-9;8-3-6-2-1-5(4-9-6)7(10)11/h6-7,10H,4-5,8H2,1-3H3,(H,17,20);4-6,9H2,1-3H3;1-2,4H,(H,10,11). The van der Waals surface area contributed by atoms with Crippen molar-refractivity contribution in [2.24, 2.45) is 5.73 Å². The van der Waals surface area contributed by atoms with E-state index in [4.69, 9.17) is 30.8 Å². The topological polar surface area (TPSA) is 218 Å². The fourth-order valence-corrected chi connectivity index (χ4v) is 2.75. The molecule has 0 bridgehead atoms. The van der Waals surface area contributed by atoms with Crippen LogP contribution in [0.25, 0.3) is 0 Å². The maximum atomic E-state index is 11.9. The summed E-state index contributed by atoms with van der Waals surface area (Å²) < 4.78 is 10.1. The second-order valence-electron chi connectivity index (χ2n) is 10.8. The highest BCUT2D eigenvalue weighted by Crippen LogP contribution is 2.09. The normalized spacial score (nSPS) is 10.3. The van der Waals surface area contributed by atoms with Gasteiger partial charge in [-0.3, -0.25) is 9.59 Å². The highest BCUT2D eigenvalue weighted by atomic mass is 16.6. The molecule has 0 aromatic carbocycles. The number of carboxylic acids is 1. The second kappa shape index (κ2) is 19.3. The molecular weight excluding hydrogens is 556 g/mol. The SMILES string of the molecule is CC(C)(C)OC(=O)CCCN.CC(C)(C)OC(=O)NCCCC(=O)c1ccc(C#N)nc1.N#Cc1ccc(C(=O)O)cn1. The van der Waals surface area contributed by atoms with Crippen LogP contribution < -0.4 is 11.1 Å². The lowest BCUT2D eigenvalue weighted by Crippen LogP contribution is -2.33. The summed E-state index contributed by atoms with van der Waals surface area (Å²) in [6, 6.07) is 9.47. The molecule has 0 unspecified atom stereocenters. The summed E-state index contributed by atoms with van der Waals surface area (Å²) >= 11 is 0. The minimum atomic E-state index is -1.04. The van der Waals surface area contributed by atoms with Gasteiger partial charge in [-0.2, -0.15) is 10.5 Å². The van der Waals surface area contributed by atoms with Crippen molar-refractivity contribution >= 4 is 23.8 Å². The van der Waals surface area contributed by atoms with Crippen LogP contribution in [-0.4, -0.2) is 63.2 Å². The summed E-state index contributed by atoms with van der Waals surface area (Å²) in [6.45, 7) is 11.8. The Labute approximate surface area is 252 Å². The largest absolute Gasteiger partial charge is 0.478 e. The van der Waals surface area contributed by atoms with Crippen LogP contribution in [0.4, 0.5) is 4.79 Å². The molecule has 0 spiro atoms. The summed E-state index contributed by atoms with van der Waals surface area (Å²) in [5, 5.41) is 27.9. The summed E-state index contributed by atoms with van der Waals surface area (Å²) in [5.74, 6) is -1.28. The molecule has 2 aromatic heterocycles. The van der Waals surface area contributed by atoms with Gasteiger partial charge in [-0.15, -0.1) is 0 Å². The van der Waals surface area contributed by atoms with Crippen LogP contribution in [-0.2, 0) is 14.3 Å². The van der Waals surface area contributed by atoms with Crippen LogP contribution in [0.3, 0.4) is 0 Å². The van der Waals surface area contributed by atoms with Crippen LogP contribution in [0.2, 0.25) is 0 Å². The number of esters is 1. The first kappa shape index (κ1) is 38.1. The number of rotatable bonds is 9. The van der Waals surface area contributed by atoms with Gasteiger partial charge in [-0.05, 0) is 85.2 Å². The van der Waals surface area contributed by atoms with E-state index < -0.39 is 17.7 Å². The quantitative estimate of drug-likeness (QED) is 0.211. The lowest BCUT2D eigenvalue weighted by Gasteiger charge is -2.19. The van der Waals surface area contributed by atoms with E-state index in [9.17, 15) is 19.2 Å². The number of hydrogen-bond donors (Lipinski definition) is 3. The first-order valence-electron chi connectivity index (χ1n) is 13.4. The molecule has 43 heavy (non-hydrogen) atoms. The van der Waals surface area contributed by atoms with Crippen LogP contribution in [0.5, 0.6) is 0 Å². The molecule has 0 aliphatic heterocycles. The number of carbonyl (C=O) groups excluding carboxylic acids is 3. The van der Waals surface area contributed by atoms with Gasteiger partial charge in [0.25, 0.3) is 0 Å². The van der Waals surface area contributed by atoms with Gasteiger partial charge in [-0.1, -0.05) is 0 Å². The molecule has 232 valence electrons. The molecule has 0 saturated carbocycles. The molecule has 0 aliphatic carbocycles. The number of amides is 1. The van der Waals surface area contributed by atoms with Crippen LogP contribution in [0.1, 0.15) is 99.3 Å². The number of carbonyl (C=O) groups is 4. The average molecular weight is 597 g/mol. The zero-order valence-electron chi connectivity index (χ0n) is 25.5. The summed E-state index contributed by atoms with van der Waals surface area (Å²) in [5.41, 5.74) is 5.37. The number of aromatic carboxylic acids is 1. The third kappa shape index (κ3) is 19.8. The van der Waals surface area contributed by atoms with Crippen LogP contribution in [0, 0.1) is 22.7 Å². The summed E-state index contributed by atoms with van der Waals surface area (Å²) in [4.78, 5) is 51.9. The Bertz CT molecular complexity index is 1270. The Morgan fingerprint density at radius 2 is 1.35 bits per heavy atom. The van der Waals surface area contributed by atoms with Gasteiger partial charge in [0.05, 0.1) is 5.56 Å². The van der Waals surface area contributed by atoms with Gasteiger partial charge in [0.15, 0.2) is 5.78 Å². The molecule has 2 aromatic rings. The van der Waals surface area contributed by atoms with E-state index in [1.165, 1.54) is 24.4 Å². The molecule has 1 amide bonds. The van der Waals surface area contributed by atoms with Crippen LogP contribution in [0.15, 0.2) is 36.7 Å². The molecule has 13 nitrogen and oxygen atoms in total. The summed E-state index contributed by atoms with van der Waals surface area (Å²) in [7, 11) is 0. The van der Waals surface area contributed by atoms with Gasteiger partial charge in [-0.25, -0.2) is 19.6 Å². The maximum Gasteiger partial charge on any atom is 0.407 e. The number of aromatic nitrogens is 2. The minimum absolute atomic E-state index is 0.0713. The van der Waals surface area contributed by atoms with Crippen molar-refractivity contribution in [3.63, 3.8) is 0 Å². The highest BCUT2D eigenvalue weighted by molar-refractivity contribution is 5.95. The van der Waals surface area contributed by atoms with E-state index >= 15 is 0 Å². The van der Waals surface area contributed by atoms with Crippen molar-refractivity contribution in [2.75, 3.05) is 13.1 Å². The number of ether oxygens (including phenoxy) is 2. The van der Waals surface area contributed by atoms with E-state index in [1.54, 1.807) is 32.9 Å².